The number of rotatable bonds is 16. The van der Waals surface area contributed by atoms with Gasteiger partial charge in [-0.25, -0.2) is 0 Å². The molecule has 0 bridgehead atoms. The average molecular weight is 332 g/mol. The molecule has 0 aliphatic carbocycles. The molecule has 0 saturated carbocycles. The number of unbranched alkanes of at least 4 members (excludes halogenated alkanes) is 9. The van der Waals surface area contributed by atoms with Crippen molar-refractivity contribution in [1.29, 1.82) is 0 Å². The maximum atomic E-state index is 3.77. The summed E-state index contributed by atoms with van der Waals surface area (Å²) in [5.74, 6) is 0. The molecule has 0 fully saturated rings. The van der Waals surface area contributed by atoms with Crippen molar-refractivity contribution in [2.24, 2.45) is 0 Å². The third kappa shape index (κ3) is 11.7. The fraction of sp³-hybridized carbons (Fsp3) is 0.739. The Morgan fingerprint density at radius 3 is 1.83 bits per heavy atom. The van der Waals surface area contributed by atoms with Crippen molar-refractivity contribution < 1.29 is 0 Å². The first-order chi connectivity index (χ1) is 11.9. The normalized spacial score (nSPS) is 12.4. The summed E-state index contributed by atoms with van der Waals surface area (Å²) in [5.41, 5.74) is 1.40. The van der Waals surface area contributed by atoms with Gasteiger partial charge in [0, 0.05) is 12.6 Å². The van der Waals surface area contributed by atoms with E-state index in [9.17, 15) is 0 Å². The zero-order chi connectivity index (χ0) is 17.3. The van der Waals surface area contributed by atoms with Gasteiger partial charge in [-0.1, -0.05) is 115 Å². The van der Waals surface area contributed by atoms with Crippen LogP contribution < -0.4 is 5.32 Å². The summed E-state index contributed by atoms with van der Waals surface area (Å²) in [4.78, 5) is 0. The molecule has 1 heteroatoms. The molecule has 1 atom stereocenters. The van der Waals surface area contributed by atoms with E-state index in [4.69, 9.17) is 0 Å². The second-order valence-corrected chi connectivity index (χ2v) is 7.32. The Labute approximate surface area is 151 Å². The van der Waals surface area contributed by atoms with E-state index >= 15 is 0 Å². The third-order valence-electron chi connectivity index (χ3n) is 4.98. The van der Waals surface area contributed by atoms with Crippen LogP contribution in [0, 0.1) is 0 Å². The highest BCUT2D eigenvalue weighted by atomic mass is 14.9. The molecule has 1 unspecified atom stereocenters. The van der Waals surface area contributed by atoms with Gasteiger partial charge in [0.15, 0.2) is 0 Å². The van der Waals surface area contributed by atoms with Crippen LogP contribution in [0.2, 0.25) is 0 Å². The fourth-order valence-corrected chi connectivity index (χ4v) is 3.43. The van der Waals surface area contributed by atoms with E-state index in [0.29, 0.717) is 6.04 Å². The lowest BCUT2D eigenvalue weighted by Gasteiger charge is -2.18. The molecule has 0 saturated heterocycles. The number of hydrogen-bond donors (Lipinski definition) is 1. The quantitative estimate of drug-likeness (QED) is 0.314. The highest BCUT2D eigenvalue weighted by Crippen LogP contribution is 2.14. The van der Waals surface area contributed by atoms with Crippen molar-refractivity contribution in [3.63, 3.8) is 0 Å². The van der Waals surface area contributed by atoms with Crippen LogP contribution in [0.3, 0.4) is 0 Å². The van der Waals surface area contributed by atoms with E-state index in [1.807, 2.05) is 0 Å². The van der Waals surface area contributed by atoms with E-state index in [0.717, 1.165) is 6.54 Å². The van der Waals surface area contributed by atoms with Crippen molar-refractivity contribution in [3.8, 4) is 0 Å². The first kappa shape index (κ1) is 21.2. The van der Waals surface area contributed by atoms with Crippen LogP contribution in [-0.4, -0.2) is 6.04 Å². The number of benzene rings is 1. The maximum Gasteiger partial charge on any atom is 0.0208 e. The van der Waals surface area contributed by atoms with Crippen LogP contribution >= 0.6 is 0 Å². The minimum Gasteiger partial charge on any atom is -0.310 e. The minimum atomic E-state index is 0.698. The van der Waals surface area contributed by atoms with E-state index in [1.165, 1.54) is 89.0 Å². The van der Waals surface area contributed by atoms with Gasteiger partial charge in [0.2, 0.25) is 0 Å². The lowest BCUT2D eigenvalue weighted by Crippen LogP contribution is -2.28. The van der Waals surface area contributed by atoms with Gasteiger partial charge in [-0.2, -0.15) is 0 Å². The van der Waals surface area contributed by atoms with Crippen molar-refractivity contribution in [2.45, 2.75) is 110 Å². The van der Waals surface area contributed by atoms with E-state index in [-0.39, 0.29) is 0 Å². The topological polar surface area (TPSA) is 12.0 Å². The predicted molar refractivity (Wildman–Crippen MR) is 108 cm³/mol. The van der Waals surface area contributed by atoms with Gasteiger partial charge in [-0.15, -0.1) is 0 Å². The van der Waals surface area contributed by atoms with Gasteiger partial charge < -0.3 is 5.32 Å². The molecule has 1 nitrogen and oxygen atoms in total. The summed E-state index contributed by atoms with van der Waals surface area (Å²) in [5, 5.41) is 3.77. The Morgan fingerprint density at radius 2 is 1.25 bits per heavy atom. The minimum absolute atomic E-state index is 0.698. The summed E-state index contributed by atoms with van der Waals surface area (Å²) in [7, 11) is 0. The molecule has 0 spiro atoms. The zero-order valence-corrected chi connectivity index (χ0v) is 16.4. The Bertz CT molecular complexity index is 360. The molecule has 0 amide bonds. The monoisotopic (exact) mass is 331 g/mol. The largest absolute Gasteiger partial charge is 0.310 e. The lowest BCUT2D eigenvalue weighted by atomic mass is 10.0. The van der Waals surface area contributed by atoms with Gasteiger partial charge in [-0.3, -0.25) is 0 Å². The van der Waals surface area contributed by atoms with Crippen molar-refractivity contribution in [1.82, 2.24) is 5.32 Å². The summed E-state index contributed by atoms with van der Waals surface area (Å²) >= 11 is 0. The molecule has 0 radical (unpaired) electrons. The van der Waals surface area contributed by atoms with Crippen LogP contribution in [0.25, 0.3) is 0 Å². The average Bonchev–Trinajstić information content (AvgIpc) is 2.62. The molecule has 138 valence electrons. The molecular formula is C23H41N. The predicted octanol–water partition coefficient (Wildman–Crippen LogP) is 7.26. The van der Waals surface area contributed by atoms with Crippen molar-refractivity contribution in [3.05, 3.63) is 35.9 Å². The third-order valence-corrected chi connectivity index (χ3v) is 4.98. The van der Waals surface area contributed by atoms with Crippen LogP contribution in [0.4, 0.5) is 0 Å². The molecule has 1 N–H and O–H groups in total. The highest BCUT2D eigenvalue weighted by Gasteiger charge is 2.06. The molecule has 1 rings (SSSR count). The van der Waals surface area contributed by atoms with Crippen LogP contribution in [-0.2, 0) is 6.54 Å². The first-order valence-corrected chi connectivity index (χ1v) is 10.6. The maximum absolute atomic E-state index is 3.77. The summed E-state index contributed by atoms with van der Waals surface area (Å²) in [6.07, 6.45) is 18.2. The molecule has 0 aliphatic rings. The molecule has 1 aromatic rings. The Morgan fingerprint density at radius 1 is 0.667 bits per heavy atom. The van der Waals surface area contributed by atoms with Crippen LogP contribution in [0.15, 0.2) is 30.3 Å². The van der Waals surface area contributed by atoms with Gasteiger partial charge >= 0.3 is 0 Å². The van der Waals surface area contributed by atoms with Crippen molar-refractivity contribution in [2.75, 3.05) is 0 Å². The van der Waals surface area contributed by atoms with Crippen LogP contribution in [0.1, 0.15) is 103 Å². The Hall–Kier alpha value is -0.820. The zero-order valence-electron chi connectivity index (χ0n) is 16.4. The second-order valence-electron chi connectivity index (χ2n) is 7.32. The lowest BCUT2D eigenvalue weighted by molar-refractivity contribution is 0.424. The highest BCUT2D eigenvalue weighted by molar-refractivity contribution is 5.14. The summed E-state index contributed by atoms with van der Waals surface area (Å²) in [6.45, 7) is 5.61. The molecule has 24 heavy (non-hydrogen) atoms. The fourth-order valence-electron chi connectivity index (χ4n) is 3.43. The summed E-state index contributed by atoms with van der Waals surface area (Å²) in [6, 6.07) is 11.5. The Balaban J connectivity index is 2.01. The number of hydrogen-bond acceptors (Lipinski definition) is 1. The second kappa shape index (κ2) is 15.7. The Kier molecular flexibility index (Phi) is 13.9. The van der Waals surface area contributed by atoms with E-state index in [1.54, 1.807) is 0 Å². The SMILES string of the molecule is CCCCCCCCCCCCC(CCC)NCc1ccccc1. The summed E-state index contributed by atoms with van der Waals surface area (Å²) < 4.78 is 0. The molecule has 0 aromatic heterocycles. The molecule has 0 heterocycles. The number of nitrogens with one attached hydrogen (secondary N) is 1. The standard InChI is InChI=1S/C23H41N/c1-3-5-6-7-8-9-10-11-12-16-20-23(17-4-2)24-21-22-18-14-13-15-19-22/h13-15,18-19,23-24H,3-12,16-17,20-21H2,1-2H3. The van der Waals surface area contributed by atoms with Gasteiger partial charge in [0.05, 0.1) is 0 Å². The van der Waals surface area contributed by atoms with Gasteiger partial charge in [0.25, 0.3) is 0 Å². The molecular weight excluding hydrogens is 290 g/mol. The van der Waals surface area contributed by atoms with Crippen molar-refractivity contribution >= 4 is 0 Å². The van der Waals surface area contributed by atoms with Gasteiger partial charge in [-0.05, 0) is 18.4 Å². The van der Waals surface area contributed by atoms with Gasteiger partial charge in [0.1, 0.15) is 0 Å². The smallest absolute Gasteiger partial charge is 0.0208 e. The first-order valence-electron chi connectivity index (χ1n) is 10.6. The van der Waals surface area contributed by atoms with Crippen LogP contribution in [0.5, 0.6) is 0 Å². The molecule has 1 aromatic carbocycles. The molecule has 0 aliphatic heterocycles. The van der Waals surface area contributed by atoms with E-state index < -0.39 is 0 Å². The van der Waals surface area contributed by atoms with E-state index in [2.05, 4.69) is 49.5 Å².